The molecule has 0 fully saturated rings. The van der Waals surface area contributed by atoms with Gasteiger partial charge in [0.05, 0.1) is 29.5 Å². The van der Waals surface area contributed by atoms with Gasteiger partial charge in [0.2, 0.25) is 5.91 Å². The first-order valence-corrected chi connectivity index (χ1v) is 11.2. The third-order valence-corrected chi connectivity index (χ3v) is 5.83. The molecular formula is C26H24N4O6. The van der Waals surface area contributed by atoms with E-state index >= 15 is 0 Å². The molecule has 3 aromatic carbocycles. The van der Waals surface area contributed by atoms with Crippen molar-refractivity contribution < 1.29 is 14.5 Å². The second-order valence-corrected chi connectivity index (χ2v) is 8.11. The van der Waals surface area contributed by atoms with Crippen LogP contribution in [-0.4, -0.2) is 27.1 Å². The molecule has 10 heteroatoms. The normalized spacial score (nSPS) is 10.8. The summed E-state index contributed by atoms with van der Waals surface area (Å²) >= 11 is 0. The molecule has 184 valence electrons. The quantitative estimate of drug-likeness (QED) is 0.285. The van der Waals surface area contributed by atoms with Gasteiger partial charge in [-0.3, -0.25) is 28.8 Å². The number of ether oxygens (including phenoxy) is 1. The van der Waals surface area contributed by atoms with Crippen LogP contribution in [0.2, 0.25) is 0 Å². The number of methoxy groups -OCH3 is 1. The van der Waals surface area contributed by atoms with Gasteiger partial charge in [0.1, 0.15) is 5.75 Å². The summed E-state index contributed by atoms with van der Waals surface area (Å²) in [7, 11) is 1.55. The maximum absolute atomic E-state index is 13.3. The van der Waals surface area contributed by atoms with Gasteiger partial charge in [-0.25, -0.2) is 4.79 Å². The van der Waals surface area contributed by atoms with Crippen LogP contribution in [0.15, 0.2) is 82.4 Å². The number of nitro groups is 1. The number of para-hydroxylation sites is 2. The van der Waals surface area contributed by atoms with Crippen molar-refractivity contribution in [3.8, 4) is 5.75 Å². The number of benzene rings is 3. The molecule has 0 saturated carbocycles. The average molecular weight is 489 g/mol. The molecule has 10 nitrogen and oxygen atoms in total. The van der Waals surface area contributed by atoms with E-state index in [0.717, 1.165) is 10.1 Å². The van der Waals surface area contributed by atoms with Gasteiger partial charge >= 0.3 is 5.69 Å². The molecule has 0 bridgehead atoms. The second-order valence-electron chi connectivity index (χ2n) is 8.11. The zero-order valence-corrected chi connectivity index (χ0v) is 19.5. The summed E-state index contributed by atoms with van der Waals surface area (Å²) in [5.74, 6) is 0.318. The summed E-state index contributed by atoms with van der Waals surface area (Å²) in [4.78, 5) is 49.6. The minimum Gasteiger partial charge on any atom is -0.496 e. The van der Waals surface area contributed by atoms with Crippen LogP contribution in [0.25, 0.3) is 10.9 Å². The number of fused-ring (bicyclic) bond motifs is 1. The zero-order valence-electron chi connectivity index (χ0n) is 19.5. The first kappa shape index (κ1) is 24.4. The molecule has 4 aromatic rings. The fraction of sp³-hybridized carbons (Fsp3) is 0.192. The van der Waals surface area contributed by atoms with Gasteiger partial charge in [-0.1, -0.05) is 42.5 Å². The topological polar surface area (TPSA) is 125 Å². The Balaban J connectivity index is 1.59. The lowest BCUT2D eigenvalue weighted by atomic mass is 10.2. The van der Waals surface area contributed by atoms with E-state index in [1.165, 1.54) is 16.7 Å². The molecule has 0 unspecified atom stereocenters. The minimum atomic E-state index is -0.595. The molecule has 0 atom stereocenters. The standard InChI is InChI=1S/C26H24N4O6/c1-36-23-12-5-2-8-19(23)16-27-24(31)13-14-28-25(32)21-10-3-4-11-22(21)29(26(28)33)17-18-7-6-9-20(15-18)30(34)35/h2-12,15H,13-14,16-17H2,1H3,(H,27,31). The predicted octanol–water partition coefficient (Wildman–Crippen LogP) is 2.83. The number of carbonyl (C=O) groups is 1. The van der Waals surface area contributed by atoms with Crippen molar-refractivity contribution in [2.75, 3.05) is 7.11 Å². The van der Waals surface area contributed by atoms with Crippen molar-refractivity contribution in [3.63, 3.8) is 0 Å². The Hall–Kier alpha value is -4.73. The van der Waals surface area contributed by atoms with E-state index in [4.69, 9.17) is 4.74 Å². The summed E-state index contributed by atoms with van der Waals surface area (Å²) in [5, 5.41) is 14.3. The summed E-state index contributed by atoms with van der Waals surface area (Å²) in [6.45, 7) is 0.156. The van der Waals surface area contributed by atoms with E-state index in [2.05, 4.69) is 5.32 Å². The number of nitro benzene ring substituents is 1. The van der Waals surface area contributed by atoms with Crippen LogP contribution >= 0.6 is 0 Å². The van der Waals surface area contributed by atoms with Gasteiger partial charge in [0.25, 0.3) is 11.2 Å². The van der Waals surface area contributed by atoms with E-state index in [-0.39, 0.29) is 37.6 Å². The minimum absolute atomic E-state index is 0.0291. The third-order valence-electron chi connectivity index (χ3n) is 5.83. The van der Waals surface area contributed by atoms with Crippen LogP contribution in [0.1, 0.15) is 17.5 Å². The van der Waals surface area contributed by atoms with E-state index < -0.39 is 16.2 Å². The van der Waals surface area contributed by atoms with Gasteiger partial charge in [-0.15, -0.1) is 0 Å². The first-order chi connectivity index (χ1) is 17.4. The molecule has 0 radical (unpaired) electrons. The molecule has 0 aliphatic carbocycles. The molecule has 0 spiro atoms. The van der Waals surface area contributed by atoms with Crippen LogP contribution in [0.3, 0.4) is 0 Å². The monoisotopic (exact) mass is 488 g/mol. The summed E-state index contributed by atoms with van der Waals surface area (Å²) < 4.78 is 7.71. The van der Waals surface area contributed by atoms with Crippen LogP contribution < -0.4 is 21.3 Å². The van der Waals surface area contributed by atoms with Gasteiger partial charge < -0.3 is 10.1 Å². The van der Waals surface area contributed by atoms with Crippen LogP contribution in [-0.2, 0) is 24.4 Å². The Morgan fingerprint density at radius 3 is 2.53 bits per heavy atom. The average Bonchev–Trinajstić information content (AvgIpc) is 2.90. The molecular weight excluding hydrogens is 464 g/mol. The van der Waals surface area contributed by atoms with Gasteiger partial charge in [0, 0.05) is 37.2 Å². The highest BCUT2D eigenvalue weighted by Gasteiger charge is 2.15. The van der Waals surface area contributed by atoms with Crippen molar-refractivity contribution in [2.24, 2.45) is 0 Å². The fourth-order valence-corrected chi connectivity index (χ4v) is 4.02. The Morgan fingerprint density at radius 1 is 1.00 bits per heavy atom. The van der Waals surface area contributed by atoms with Crippen LogP contribution in [0, 0.1) is 10.1 Å². The highest BCUT2D eigenvalue weighted by atomic mass is 16.6. The molecule has 0 aliphatic heterocycles. The van der Waals surface area contributed by atoms with Gasteiger partial charge in [-0.2, -0.15) is 0 Å². The van der Waals surface area contributed by atoms with Crippen LogP contribution in [0.5, 0.6) is 5.75 Å². The summed E-state index contributed by atoms with van der Waals surface area (Å²) in [5.41, 5.74) is 0.568. The maximum atomic E-state index is 13.3. The van der Waals surface area contributed by atoms with Crippen molar-refractivity contribution in [1.82, 2.24) is 14.5 Å². The van der Waals surface area contributed by atoms with Crippen molar-refractivity contribution in [1.29, 1.82) is 0 Å². The number of hydrogen-bond donors (Lipinski definition) is 1. The van der Waals surface area contributed by atoms with Crippen molar-refractivity contribution >= 4 is 22.5 Å². The number of hydrogen-bond acceptors (Lipinski definition) is 6. The van der Waals surface area contributed by atoms with E-state index in [9.17, 15) is 24.5 Å². The molecule has 0 aliphatic rings. The lowest BCUT2D eigenvalue weighted by Crippen LogP contribution is -2.41. The summed E-state index contributed by atoms with van der Waals surface area (Å²) in [6.07, 6.45) is -0.0839. The Labute approximate surface area is 205 Å². The third kappa shape index (κ3) is 5.17. The van der Waals surface area contributed by atoms with Crippen molar-refractivity contribution in [3.05, 3.63) is 115 Å². The molecule has 1 heterocycles. The first-order valence-electron chi connectivity index (χ1n) is 11.2. The molecule has 4 rings (SSSR count). The smallest absolute Gasteiger partial charge is 0.331 e. The Morgan fingerprint density at radius 2 is 1.75 bits per heavy atom. The number of nitrogens with zero attached hydrogens (tertiary/aromatic N) is 3. The Bertz CT molecular complexity index is 1560. The van der Waals surface area contributed by atoms with E-state index in [1.54, 1.807) is 49.6 Å². The van der Waals surface area contributed by atoms with Gasteiger partial charge in [-0.05, 0) is 23.8 Å². The highest BCUT2D eigenvalue weighted by molar-refractivity contribution is 5.78. The molecule has 1 amide bonds. The lowest BCUT2D eigenvalue weighted by molar-refractivity contribution is -0.384. The SMILES string of the molecule is COc1ccccc1CNC(=O)CCn1c(=O)c2ccccc2n(Cc2cccc([N+](=O)[O-])c2)c1=O. The molecule has 36 heavy (non-hydrogen) atoms. The summed E-state index contributed by atoms with van der Waals surface area (Å²) in [6, 6.07) is 19.9. The molecule has 1 aromatic heterocycles. The van der Waals surface area contributed by atoms with Gasteiger partial charge in [0.15, 0.2) is 0 Å². The Kier molecular flexibility index (Phi) is 7.24. The number of nitrogens with one attached hydrogen (secondary N) is 1. The van der Waals surface area contributed by atoms with Crippen LogP contribution in [0.4, 0.5) is 5.69 Å². The molecule has 0 saturated heterocycles. The number of carbonyl (C=O) groups excluding carboxylic acids is 1. The fourth-order valence-electron chi connectivity index (χ4n) is 4.02. The predicted molar refractivity (Wildman–Crippen MR) is 134 cm³/mol. The molecule has 1 N–H and O–H groups in total. The number of amides is 1. The maximum Gasteiger partial charge on any atom is 0.331 e. The number of non-ortho nitro benzene ring substituents is 1. The van der Waals surface area contributed by atoms with Crippen molar-refractivity contribution in [2.45, 2.75) is 26.1 Å². The van der Waals surface area contributed by atoms with E-state index in [1.807, 2.05) is 18.2 Å². The van der Waals surface area contributed by atoms with E-state index in [0.29, 0.717) is 22.2 Å². The largest absolute Gasteiger partial charge is 0.496 e. The number of rotatable bonds is 9. The highest BCUT2D eigenvalue weighted by Crippen LogP contribution is 2.17. The lowest BCUT2D eigenvalue weighted by Gasteiger charge is -2.14. The number of aromatic nitrogens is 2. The second kappa shape index (κ2) is 10.7. The zero-order chi connectivity index (χ0) is 25.7.